The quantitative estimate of drug-likeness (QED) is 0.227. The molecule has 0 unspecified atom stereocenters. The highest BCUT2D eigenvalue weighted by Crippen LogP contribution is 2.34. The Morgan fingerprint density at radius 2 is 1.46 bits per heavy atom. The van der Waals surface area contributed by atoms with Crippen LogP contribution in [0.5, 0.6) is 0 Å². The highest BCUT2D eigenvalue weighted by molar-refractivity contribution is 7.13. The second kappa shape index (κ2) is 10.5. The van der Waals surface area contributed by atoms with Gasteiger partial charge in [-0.15, -0.1) is 0 Å². The van der Waals surface area contributed by atoms with Gasteiger partial charge in [0.05, 0.1) is 21.5 Å². The Morgan fingerprint density at radius 1 is 0.744 bits per heavy atom. The highest BCUT2D eigenvalue weighted by atomic mass is 32.1. The zero-order valence-corrected chi connectivity index (χ0v) is 21.7. The maximum absolute atomic E-state index is 13.6. The molecular formula is C33H24N2O3S. The number of nitrogens with one attached hydrogen (secondary N) is 1. The number of amides is 1. The van der Waals surface area contributed by atoms with Crippen molar-refractivity contribution < 1.29 is 14.7 Å². The van der Waals surface area contributed by atoms with Gasteiger partial charge in [0.2, 0.25) is 0 Å². The number of fused-ring (bicyclic) bond motifs is 2. The van der Waals surface area contributed by atoms with Crippen LogP contribution in [0.2, 0.25) is 0 Å². The molecule has 6 heteroatoms. The van der Waals surface area contributed by atoms with Crippen molar-refractivity contribution in [3.8, 4) is 11.1 Å². The molecule has 1 amide bonds. The molecule has 5 aromatic carbocycles. The van der Waals surface area contributed by atoms with Crippen molar-refractivity contribution in [2.45, 2.75) is 13.0 Å². The van der Waals surface area contributed by atoms with Gasteiger partial charge in [-0.1, -0.05) is 84.9 Å². The molecule has 0 fully saturated rings. The van der Waals surface area contributed by atoms with Crippen LogP contribution in [-0.4, -0.2) is 21.4 Å². The maximum Gasteiger partial charge on any atom is 0.335 e. The molecule has 0 aliphatic rings. The third kappa shape index (κ3) is 5.15. The summed E-state index contributed by atoms with van der Waals surface area (Å²) in [5.41, 5.74) is 5.62. The van der Waals surface area contributed by atoms with E-state index in [4.69, 9.17) is 9.48 Å². The van der Waals surface area contributed by atoms with E-state index in [-0.39, 0.29) is 18.0 Å². The number of aromatic nitrogens is 1. The summed E-state index contributed by atoms with van der Waals surface area (Å²) in [6, 6.07) is 35.3. The van der Waals surface area contributed by atoms with Crippen molar-refractivity contribution >= 4 is 44.3 Å². The lowest BCUT2D eigenvalue weighted by atomic mass is 9.96. The fourth-order valence-electron chi connectivity index (χ4n) is 4.82. The first kappa shape index (κ1) is 24.5. The molecule has 0 atom stereocenters. The summed E-state index contributed by atoms with van der Waals surface area (Å²) >= 11 is 1.41. The Kier molecular flexibility index (Phi) is 6.61. The number of carboxylic acids is 1. The molecule has 0 radical (unpaired) electrons. The third-order valence-electron chi connectivity index (χ3n) is 6.84. The maximum atomic E-state index is 13.6. The lowest BCUT2D eigenvalue weighted by Gasteiger charge is -2.11. The largest absolute Gasteiger partial charge is 0.478 e. The zero-order valence-electron chi connectivity index (χ0n) is 20.9. The first-order valence-corrected chi connectivity index (χ1v) is 13.4. The van der Waals surface area contributed by atoms with Crippen LogP contribution < -0.4 is 5.32 Å². The second-order valence-corrected chi connectivity index (χ2v) is 10.2. The fourth-order valence-corrected chi connectivity index (χ4v) is 5.68. The number of benzene rings is 5. The molecule has 6 rings (SSSR count). The summed E-state index contributed by atoms with van der Waals surface area (Å²) in [5.74, 6) is -1.17. The highest BCUT2D eigenvalue weighted by Gasteiger charge is 2.19. The molecule has 6 aromatic rings. The summed E-state index contributed by atoms with van der Waals surface area (Å²) in [7, 11) is 0. The van der Waals surface area contributed by atoms with Crippen molar-refractivity contribution in [3.63, 3.8) is 0 Å². The van der Waals surface area contributed by atoms with Gasteiger partial charge in [-0.3, -0.25) is 4.79 Å². The Morgan fingerprint density at radius 3 is 2.23 bits per heavy atom. The van der Waals surface area contributed by atoms with Crippen molar-refractivity contribution in [1.82, 2.24) is 9.69 Å². The number of carbonyl (C=O) groups is 2. The number of aromatic carboxylic acids is 1. The number of carbonyl (C=O) groups excluding carboxylic acids is 1. The molecule has 0 aliphatic carbocycles. The summed E-state index contributed by atoms with van der Waals surface area (Å²) < 4.78 is 5.76. The Bertz CT molecular complexity index is 1830. The molecule has 39 heavy (non-hydrogen) atoms. The Labute approximate surface area is 229 Å². The molecule has 0 saturated carbocycles. The van der Waals surface area contributed by atoms with Gasteiger partial charge in [0.25, 0.3) is 5.91 Å². The van der Waals surface area contributed by atoms with E-state index < -0.39 is 5.97 Å². The van der Waals surface area contributed by atoms with Gasteiger partial charge in [0.1, 0.15) is 0 Å². The van der Waals surface area contributed by atoms with Crippen LogP contribution >= 0.6 is 11.5 Å². The van der Waals surface area contributed by atoms with Crippen LogP contribution in [-0.2, 0) is 13.0 Å². The van der Waals surface area contributed by atoms with Crippen LogP contribution in [0.4, 0.5) is 0 Å². The monoisotopic (exact) mass is 528 g/mol. The molecular weight excluding hydrogens is 504 g/mol. The molecule has 190 valence electrons. The number of hydrogen-bond acceptors (Lipinski definition) is 4. The predicted octanol–water partition coefficient (Wildman–Crippen LogP) is 7.34. The summed E-state index contributed by atoms with van der Waals surface area (Å²) in [6.07, 6.45) is 0.618. The van der Waals surface area contributed by atoms with Gasteiger partial charge in [-0.2, -0.15) is 4.37 Å². The smallest absolute Gasteiger partial charge is 0.335 e. The van der Waals surface area contributed by atoms with Crippen molar-refractivity contribution in [3.05, 3.63) is 137 Å². The van der Waals surface area contributed by atoms with E-state index in [1.54, 1.807) is 24.3 Å². The van der Waals surface area contributed by atoms with E-state index in [0.29, 0.717) is 12.0 Å². The van der Waals surface area contributed by atoms with E-state index in [0.717, 1.165) is 38.0 Å². The van der Waals surface area contributed by atoms with Crippen LogP contribution in [0, 0.1) is 0 Å². The van der Waals surface area contributed by atoms with Crippen molar-refractivity contribution in [2.24, 2.45) is 0 Å². The minimum Gasteiger partial charge on any atom is -0.478 e. The van der Waals surface area contributed by atoms with Gasteiger partial charge < -0.3 is 10.4 Å². The number of carboxylic acid groups (broad SMARTS) is 1. The van der Waals surface area contributed by atoms with Gasteiger partial charge in [-0.25, -0.2) is 4.79 Å². The molecule has 0 bridgehead atoms. The predicted molar refractivity (Wildman–Crippen MR) is 156 cm³/mol. The van der Waals surface area contributed by atoms with Crippen LogP contribution in [0.1, 0.15) is 37.5 Å². The van der Waals surface area contributed by atoms with E-state index in [1.165, 1.54) is 22.3 Å². The standard InChI is InChI=1S/C33H24N2O3S/c36-32(34-20-21-10-14-25(15-11-21)33(37)38)28-18-27(23-6-2-1-3-7-23)19-30-31(28)29(35-39-30)17-22-12-13-24-8-4-5-9-26(24)16-22/h1-16,18-19H,17,20H2,(H,34,36)(H,37,38). The molecule has 0 saturated heterocycles. The zero-order chi connectivity index (χ0) is 26.8. The van der Waals surface area contributed by atoms with Crippen LogP contribution in [0.15, 0.2) is 109 Å². The molecule has 1 heterocycles. The van der Waals surface area contributed by atoms with E-state index >= 15 is 0 Å². The Hall–Kier alpha value is -4.81. The molecule has 1 aromatic heterocycles. The molecule has 2 N–H and O–H groups in total. The van der Waals surface area contributed by atoms with Crippen molar-refractivity contribution in [1.29, 1.82) is 0 Å². The number of rotatable bonds is 7. The van der Waals surface area contributed by atoms with Gasteiger partial charge >= 0.3 is 5.97 Å². The fraction of sp³-hybridized carbons (Fsp3) is 0.0606. The van der Waals surface area contributed by atoms with E-state index in [9.17, 15) is 9.59 Å². The van der Waals surface area contributed by atoms with Crippen LogP contribution in [0.3, 0.4) is 0 Å². The van der Waals surface area contributed by atoms with E-state index in [1.807, 2.05) is 48.5 Å². The normalized spacial score (nSPS) is 11.1. The average Bonchev–Trinajstić information content (AvgIpc) is 3.38. The minimum atomic E-state index is -0.977. The molecule has 0 spiro atoms. The van der Waals surface area contributed by atoms with Gasteiger partial charge in [0, 0.05) is 18.4 Å². The lowest BCUT2D eigenvalue weighted by Crippen LogP contribution is -2.23. The summed E-state index contributed by atoms with van der Waals surface area (Å²) in [6.45, 7) is 0.285. The van der Waals surface area contributed by atoms with Crippen molar-refractivity contribution in [2.75, 3.05) is 0 Å². The van der Waals surface area contributed by atoms with Gasteiger partial charge in [-0.05, 0) is 68.8 Å². The SMILES string of the molecule is O=C(O)c1ccc(CNC(=O)c2cc(-c3ccccc3)cc3snc(Cc4ccc5ccccc5c4)c23)cc1. The number of hydrogen-bond donors (Lipinski definition) is 2. The van der Waals surface area contributed by atoms with E-state index in [2.05, 4.69) is 41.7 Å². The first-order valence-electron chi connectivity index (χ1n) is 12.6. The second-order valence-electron chi connectivity index (χ2n) is 9.44. The molecule has 0 aliphatic heterocycles. The third-order valence-corrected chi connectivity index (χ3v) is 7.67. The summed E-state index contributed by atoms with van der Waals surface area (Å²) in [4.78, 5) is 24.8. The lowest BCUT2D eigenvalue weighted by molar-refractivity contribution is 0.0696. The summed E-state index contributed by atoms with van der Waals surface area (Å²) in [5, 5.41) is 15.4. The first-order chi connectivity index (χ1) is 19.0. The van der Waals surface area contributed by atoms with Gasteiger partial charge in [0.15, 0.2) is 0 Å². The molecule has 5 nitrogen and oxygen atoms in total. The van der Waals surface area contributed by atoms with Crippen LogP contribution in [0.25, 0.3) is 32.0 Å². The Balaban J connectivity index is 1.36. The average molecular weight is 529 g/mol. The topological polar surface area (TPSA) is 79.3 Å². The minimum absolute atomic E-state index is 0.194. The number of nitrogens with zero attached hydrogens (tertiary/aromatic N) is 1.